The SMILES string of the molecule is CN(Cc1cc(Br)ccc1C#N)C(=O)O. The van der Waals surface area contributed by atoms with Crippen molar-refractivity contribution in [3.8, 4) is 6.07 Å². The van der Waals surface area contributed by atoms with Crippen molar-refractivity contribution in [2.75, 3.05) is 7.05 Å². The van der Waals surface area contributed by atoms with E-state index in [-0.39, 0.29) is 6.54 Å². The third-order valence-electron chi connectivity index (χ3n) is 1.92. The zero-order chi connectivity index (χ0) is 11.4. The van der Waals surface area contributed by atoms with Gasteiger partial charge in [0.2, 0.25) is 0 Å². The zero-order valence-electron chi connectivity index (χ0n) is 8.07. The van der Waals surface area contributed by atoms with Crippen LogP contribution in [0.5, 0.6) is 0 Å². The summed E-state index contributed by atoms with van der Waals surface area (Å²) < 4.78 is 0.829. The number of carboxylic acid groups (broad SMARTS) is 1. The van der Waals surface area contributed by atoms with Gasteiger partial charge in [0, 0.05) is 18.1 Å². The summed E-state index contributed by atoms with van der Waals surface area (Å²) in [5, 5.41) is 17.5. The van der Waals surface area contributed by atoms with Gasteiger partial charge in [-0.2, -0.15) is 5.26 Å². The molecule has 0 saturated carbocycles. The number of rotatable bonds is 2. The Morgan fingerprint density at radius 3 is 2.87 bits per heavy atom. The van der Waals surface area contributed by atoms with Gasteiger partial charge in [0.1, 0.15) is 0 Å². The van der Waals surface area contributed by atoms with E-state index in [4.69, 9.17) is 10.4 Å². The highest BCUT2D eigenvalue weighted by Gasteiger charge is 2.09. The molecule has 15 heavy (non-hydrogen) atoms. The van der Waals surface area contributed by atoms with E-state index in [1.165, 1.54) is 7.05 Å². The van der Waals surface area contributed by atoms with Gasteiger partial charge >= 0.3 is 6.09 Å². The quantitative estimate of drug-likeness (QED) is 0.896. The molecule has 0 bridgehead atoms. The van der Waals surface area contributed by atoms with Crippen LogP contribution in [0.3, 0.4) is 0 Å². The van der Waals surface area contributed by atoms with Crippen LogP contribution < -0.4 is 0 Å². The molecule has 1 N–H and O–H groups in total. The molecule has 78 valence electrons. The molecule has 1 aromatic carbocycles. The minimum absolute atomic E-state index is 0.206. The van der Waals surface area contributed by atoms with E-state index < -0.39 is 6.09 Å². The smallest absolute Gasteiger partial charge is 0.407 e. The molecule has 0 aliphatic rings. The first-order chi connectivity index (χ1) is 7.04. The molecule has 0 atom stereocenters. The Bertz CT molecular complexity index is 426. The number of nitrogens with zero attached hydrogens (tertiary/aromatic N) is 2. The third kappa shape index (κ3) is 2.96. The summed E-state index contributed by atoms with van der Waals surface area (Å²) in [7, 11) is 1.46. The van der Waals surface area contributed by atoms with E-state index in [1.54, 1.807) is 18.2 Å². The normalized spacial score (nSPS) is 9.40. The maximum atomic E-state index is 10.6. The van der Waals surface area contributed by atoms with Crippen molar-refractivity contribution in [1.82, 2.24) is 4.90 Å². The van der Waals surface area contributed by atoms with Crippen molar-refractivity contribution in [2.24, 2.45) is 0 Å². The van der Waals surface area contributed by atoms with E-state index in [0.717, 1.165) is 9.37 Å². The minimum Gasteiger partial charge on any atom is -0.465 e. The lowest BCUT2D eigenvalue weighted by atomic mass is 10.1. The number of halogens is 1. The maximum Gasteiger partial charge on any atom is 0.407 e. The topological polar surface area (TPSA) is 64.3 Å². The number of nitriles is 1. The molecule has 0 aliphatic carbocycles. The van der Waals surface area contributed by atoms with Crippen LogP contribution in [0.2, 0.25) is 0 Å². The van der Waals surface area contributed by atoms with Crippen molar-refractivity contribution in [3.05, 3.63) is 33.8 Å². The van der Waals surface area contributed by atoms with Crippen LogP contribution in [0.1, 0.15) is 11.1 Å². The van der Waals surface area contributed by atoms with Crippen LogP contribution in [0.4, 0.5) is 4.79 Å². The van der Waals surface area contributed by atoms with Crippen molar-refractivity contribution >= 4 is 22.0 Å². The highest BCUT2D eigenvalue weighted by Crippen LogP contribution is 2.17. The maximum absolute atomic E-state index is 10.6. The van der Waals surface area contributed by atoms with E-state index in [2.05, 4.69) is 15.9 Å². The lowest BCUT2D eigenvalue weighted by molar-refractivity contribution is 0.153. The summed E-state index contributed by atoms with van der Waals surface area (Å²) >= 11 is 3.28. The van der Waals surface area contributed by atoms with Crippen LogP contribution >= 0.6 is 15.9 Å². The third-order valence-corrected chi connectivity index (χ3v) is 2.42. The van der Waals surface area contributed by atoms with Crippen LogP contribution in [0, 0.1) is 11.3 Å². The van der Waals surface area contributed by atoms with Crippen molar-refractivity contribution in [3.63, 3.8) is 0 Å². The Kier molecular flexibility index (Phi) is 3.69. The van der Waals surface area contributed by atoms with Gasteiger partial charge in [0.25, 0.3) is 0 Å². The van der Waals surface area contributed by atoms with Gasteiger partial charge in [-0.1, -0.05) is 15.9 Å². The number of carbonyl (C=O) groups is 1. The second kappa shape index (κ2) is 4.80. The highest BCUT2D eigenvalue weighted by molar-refractivity contribution is 9.10. The summed E-state index contributed by atoms with van der Waals surface area (Å²) in [6.45, 7) is 0.206. The lowest BCUT2D eigenvalue weighted by Crippen LogP contribution is -2.24. The number of amides is 1. The fourth-order valence-electron chi connectivity index (χ4n) is 1.13. The largest absolute Gasteiger partial charge is 0.465 e. The summed E-state index contributed by atoms with van der Waals surface area (Å²) in [6, 6.07) is 7.19. The molecule has 0 aliphatic heterocycles. The molecular weight excluding hydrogens is 260 g/mol. The molecule has 1 rings (SSSR count). The second-order valence-electron chi connectivity index (χ2n) is 3.05. The van der Waals surface area contributed by atoms with Gasteiger partial charge in [-0.3, -0.25) is 0 Å². The second-order valence-corrected chi connectivity index (χ2v) is 3.97. The summed E-state index contributed by atoms with van der Waals surface area (Å²) in [6.07, 6.45) is -1.01. The monoisotopic (exact) mass is 268 g/mol. The molecule has 5 heteroatoms. The molecule has 0 unspecified atom stereocenters. The van der Waals surface area contributed by atoms with Gasteiger partial charge in [-0.05, 0) is 23.8 Å². The first-order valence-electron chi connectivity index (χ1n) is 4.17. The number of hydrogen-bond donors (Lipinski definition) is 1. The molecule has 4 nitrogen and oxygen atoms in total. The van der Waals surface area contributed by atoms with Gasteiger partial charge in [-0.25, -0.2) is 4.79 Å². The average molecular weight is 269 g/mol. The summed E-state index contributed by atoms with van der Waals surface area (Å²) in [5.74, 6) is 0. The van der Waals surface area contributed by atoms with Crippen molar-refractivity contribution in [1.29, 1.82) is 5.26 Å². The molecule has 0 fully saturated rings. The molecular formula is C10H9BrN2O2. The lowest BCUT2D eigenvalue weighted by Gasteiger charge is -2.13. The average Bonchev–Trinajstić information content (AvgIpc) is 2.18. The van der Waals surface area contributed by atoms with Gasteiger partial charge in [0.15, 0.2) is 0 Å². The van der Waals surface area contributed by atoms with E-state index in [0.29, 0.717) is 11.1 Å². The van der Waals surface area contributed by atoms with Gasteiger partial charge < -0.3 is 10.0 Å². The minimum atomic E-state index is -1.01. The van der Waals surface area contributed by atoms with Crippen LogP contribution in [0.25, 0.3) is 0 Å². The van der Waals surface area contributed by atoms with Gasteiger partial charge in [0.05, 0.1) is 11.6 Å². The molecule has 0 aromatic heterocycles. The standard InChI is InChI=1S/C10H9BrN2O2/c1-13(10(14)15)6-8-4-9(11)3-2-7(8)5-12/h2-4H,6H2,1H3,(H,14,15). The van der Waals surface area contributed by atoms with E-state index in [9.17, 15) is 4.79 Å². The fourth-order valence-corrected chi connectivity index (χ4v) is 1.53. The molecule has 0 spiro atoms. The Balaban J connectivity index is 2.98. The highest BCUT2D eigenvalue weighted by atomic mass is 79.9. The van der Waals surface area contributed by atoms with E-state index >= 15 is 0 Å². The van der Waals surface area contributed by atoms with Crippen molar-refractivity contribution < 1.29 is 9.90 Å². The predicted molar refractivity (Wildman–Crippen MR) is 58.3 cm³/mol. The van der Waals surface area contributed by atoms with Crippen LogP contribution in [-0.4, -0.2) is 23.1 Å². The molecule has 0 heterocycles. The molecule has 1 aromatic rings. The van der Waals surface area contributed by atoms with Crippen molar-refractivity contribution in [2.45, 2.75) is 6.54 Å². The summed E-state index contributed by atoms with van der Waals surface area (Å²) in [4.78, 5) is 11.7. The van der Waals surface area contributed by atoms with Crippen LogP contribution in [0.15, 0.2) is 22.7 Å². The first-order valence-corrected chi connectivity index (χ1v) is 4.96. The number of hydrogen-bond acceptors (Lipinski definition) is 2. The first kappa shape index (κ1) is 11.5. The molecule has 0 radical (unpaired) electrons. The summed E-state index contributed by atoms with van der Waals surface area (Å²) in [5.41, 5.74) is 1.18. The number of benzene rings is 1. The van der Waals surface area contributed by atoms with Crippen LogP contribution in [-0.2, 0) is 6.54 Å². The zero-order valence-corrected chi connectivity index (χ0v) is 9.65. The van der Waals surface area contributed by atoms with Gasteiger partial charge in [-0.15, -0.1) is 0 Å². The predicted octanol–water partition coefficient (Wildman–Crippen LogP) is 2.43. The Hall–Kier alpha value is -1.54. The Morgan fingerprint density at radius 2 is 2.33 bits per heavy atom. The van der Waals surface area contributed by atoms with E-state index in [1.807, 2.05) is 6.07 Å². The fraction of sp³-hybridized carbons (Fsp3) is 0.200. The molecule has 1 amide bonds. The Labute approximate surface area is 95.9 Å². The molecule has 0 saturated heterocycles. The Morgan fingerprint density at radius 1 is 1.67 bits per heavy atom.